The molecule has 0 aliphatic carbocycles. The molecular weight excluding hydrogens is 279 g/mol. The number of pyridine rings is 1. The highest BCUT2D eigenvalue weighted by Crippen LogP contribution is 2.28. The van der Waals surface area contributed by atoms with Crippen LogP contribution < -0.4 is 5.56 Å². The first kappa shape index (κ1) is 13.9. The van der Waals surface area contributed by atoms with Crippen LogP contribution in [0.25, 0.3) is 0 Å². The van der Waals surface area contributed by atoms with Crippen molar-refractivity contribution in [2.45, 2.75) is 12.7 Å². The molecule has 0 fully saturated rings. The third kappa shape index (κ3) is 2.58. The van der Waals surface area contributed by atoms with Gasteiger partial charge in [0.2, 0.25) is 5.76 Å². The van der Waals surface area contributed by atoms with E-state index in [9.17, 15) is 22.8 Å². The van der Waals surface area contributed by atoms with Gasteiger partial charge < -0.3 is 9.52 Å². The maximum atomic E-state index is 12.8. The van der Waals surface area contributed by atoms with Crippen LogP contribution in [-0.4, -0.2) is 15.6 Å². The van der Waals surface area contributed by atoms with E-state index in [0.717, 1.165) is 24.5 Å². The summed E-state index contributed by atoms with van der Waals surface area (Å²) < 4.78 is 43.6. The van der Waals surface area contributed by atoms with E-state index in [-0.39, 0.29) is 5.56 Å². The van der Waals surface area contributed by atoms with Crippen molar-refractivity contribution in [3.8, 4) is 0 Å². The lowest BCUT2D eigenvalue weighted by Crippen LogP contribution is -2.27. The van der Waals surface area contributed by atoms with Gasteiger partial charge in [0.1, 0.15) is 5.69 Å². The second kappa shape index (κ2) is 4.87. The van der Waals surface area contributed by atoms with Crippen molar-refractivity contribution < 1.29 is 27.5 Å². The zero-order valence-electron chi connectivity index (χ0n) is 9.85. The van der Waals surface area contributed by atoms with Crippen molar-refractivity contribution in [2.75, 3.05) is 0 Å². The Morgan fingerprint density at radius 2 is 2.00 bits per heavy atom. The van der Waals surface area contributed by atoms with Gasteiger partial charge in [-0.2, -0.15) is 13.2 Å². The summed E-state index contributed by atoms with van der Waals surface area (Å²) in [4.78, 5) is 22.4. The van der Waals surface area contributed by atoms with Crippen molar-refractivity contribution in [3.05, 3.63) is 57.9 Å². The van der Waals surface area contributed by atoms with Crippen LogP contribution in [0, 0.1) is 0 Å². The van der Waals surface area contributed by atoms with Crippen LogP contribution in [0.5, 0.6) is 0 Å². The number of rotatable bonds is 3. The molecule has 0 saturated carbocycles. The summed E-state index contributed by atoms with van der Waals surface area (Å²) in [6.07, 6.45) is -3.67. The molecule has 0 amide bonds. The third-order valence-corrected chi connectivity index (χ3v) is 2.61. The smallest absolute Gasteiger partial charge is 0.431 e. The van der Waals surface area contributed by atoms with E-state index in [1.54, 1.807) is 0 Å². The number of aromatic carboxylic acids is 1. The minimum atomic E-state index is -4.71. The number of carbonyl (C=O) groups is 1. The van der Waals surface area contributed by atoms with Gasteiger partial charge in [0.05, 0.1) is 12.8 Å². The van der Waals surface area contributed by atoms with Gasteiger partial charge in [0.25, 0.3) is 5.56 Å². The standard InChI is InChI=1S/C12H8F3NO4/c13-12(14,15)8-2-1-3-9(17)16(8)6-7-4-5-20-10(7)11(18)19/h1-5H,6H2,(H,18,19). The number of nitrogens with zero attached hydrogens (tertiary/aromatic N) is 1. The van der Waals surface area contributed by atoms with Crippen molar-refractivity contribution in [1.82, 2.24) is 4.57 Å². The summed E-state index contributed by atoms with van der Waals surface area (Å²) in [6.45, 7) is -0.535. The monoisotopic (exact) mass is 287 g/mol. The van der Waals surface area contributed by atoms with Crippen LogP contribution >= 0.6 is 0 Å². The summed E-state index contributed by atoms with van der Waals surface area (Å²) in [5.74, 6) is -1.91. The average molecular weight is 287 g/mol. The molecular formula is C12H8F3NO4. The molecule has 5 nitrogen and oxygen atoms in total. The molecule has 2 aromatic heterocycles. The molecule has 0 aliphatic rings. The predicted molar refractivity (Wildman–Crippen MR) is 60.5 cm³/mol. The Hall–Kier alpha value is -2.51. The minimum Gasteiger partial charge on any atom is -0.475 e. The number of carboxylic acids is 1. The molecule has 0 atom stereocenters. The molecule has 1 N–H and O–H groups in total. The Morgan fingerprint density at radius 3 is 2.60 bits per heavy atom. The first-order valence-electron chi connectivity index (χ1n) is 5.37. The first-order chi connectivity index (χ1) is 9.30. The Bertz CT molecular complexity index is 699. The minimum absolute atomic E-state index is 0.0173. The number of hydrogen-bond donors (Lipinski definition) is 1. The van der Waals surface area contributed by atoms with Crippen molar-refractivity contribution >= 4 is 5.97 Å². The van der Waals surface area contributed by atoms with Gasteiger partial charge >= 0.3 is 12.1 Å². The summed E-state index contributed by atoms with van der Waals surface area (Å²) in [7, 11) is 0. The van der Waals surface area contributed by atoms with E-state index in [2.05, 4.69) is 4.42 Å². The maximum Gasteiger partial charge on any atom is 0.431 e. The number of aromatic nitrogens is 1. The lowest BCUT2D eigenvalue weighted by Gasteiger charge is -2.14. The van der Waals surface area contributed by atoms with Crippen LogP contribution in [0.15, 0.2) is 39.7 Å². The fourth-order valence-electron chi connectivity index (χ4n) is 1.75. The second-order valence-corrected chi connectivity index (χ2v) is 3.91. The van der Waals surface area contributed by atoms with Crippen LogP contribution in [0.1, 0.15) is 21.8 Å². The van der Waals surface area contributed by atoms with Crippen molar-refractivity contribution in [3.63, 3.8) is 0 Å². The quantitative estimate of drug-likeness (QED) is 0.939. The van der Waals surface area contributed by atoms with Gasteiger partial charge in [-0.15, -0.1) is 0 Å². The molecule has 0 radical (unpaired) electrons. The molecule has 2 heterocycles. The van der Waals surface area contributed by atoms with E-state index in [1.807, 2.05) is 0 Å². The first-order valence-corrected chi connectivity index (χ1v) is 5.37. The number of carboxylic acid groups (broad SMARTS) is 1. The molecule has 0 bridgehead atoms. The number of hydrogen-bond acceptors (Lipinski definition) is 3. The molecule has 2 aromatic rings. The summed E-state index contributed by atoms with van der Waals surface area (Å²) in [5.41, 5.74) is -2.05. The van der Waals surface area contributed by atoms with Crippen LogP contribution in [0.4, 0.5) is 13.2 Å². The molecule has 0 unspecified atom stereocenters. The third-order valence-electron chi connectivity index (χ3n) is 2.61. The second-order valence-electron chi connectivity index (χ2n) is 3.91. The van der Waals surface area contributed by atoms with Crippen LogP contribution in [-0.2, 0) is 12.7 Å². The Labute approximate surface area is 109 Å². The highest BCUT2D eigenvalue weighted by Gasteiger charge is 2.34. The van der Waals surface area contributed by atoms with Gasteiger partial charge in [-0.1, -0.05) is 6.07 Å². The Balaban J connectivity index is 2.51. The average Bonchev–Trinajstić information content (AvgIpc) is 2.78. The Kier molecular flexibility index (Phi) is 3.39. The summed E-state index contributed by atoms with van der Waals surface area (Å²) in [5, 5.41) is 8.83. The van der Waals surface area contributed by atoms with Gasteiger partial charge in [0, 0.05) is 11.6 Å². The molecule has 20 heavy (non-hydrogen) atoms. The van der Waals surface area contributed by atoms with Gasteiger partial charge in [-0.05, 0) is 12.1 Å². The van der Waals surface area contributed by atoms with E-state index in [1.165, 1.54) is 6.07 Å². The normalized spacial score (nSPS) is 11.6. The van der Waals surface area contributed by atoms with E-state index >= 15 is 0 Å². The number of furan rings is 1. The fourth-order valence-corrected chi connectivity index (χ4v) is 1.75. The van der Waals surface area contributed by atoms with Crippen LogP contribution in [0.3, 0.4) is 0 Å². The molecule has 2 rings (SSSR count). The molecule has 106 valence electrons. The largest absolute Gasteiger partial charge is 0.475 e. The topological polar surface area (TPSA) is 72.4 Å². The van der Waals surface area contributed by atoms with Crippen molar-refractivity contribution in [2.24, 2.45) is 0 Å². The molecule has 0 spiro atoms. The maximum absolute atomic E-state index is 12.8. The van der Waals surface area contributed by atoms with E-state index in [0.29, 0.717) is 4.57 Å². The molecule has 0 saturated heterocycles. The van der Waals surface area contributed by atoms with E-state index < -0.39 is 35.7 Å². The zero-order valence-corrected chi connectivity index (χ0v) is 9.85. The van der Waals surface area contributed by atoms with E-state index in [4.69, 9.17) is 5.11 Å². The SMILES string of the molecule is O=C(O)c1occc1Cn1c(C(F)(F)F)cccc1=O. The summed E-state index contributed by atoms with van der Waals surface area (Å²) in [6, 6.07) is 3.93. The van der Waals surface area contributed by atoms with Gasteiger partial charge in [-0.25, -0.2) is 4.79 Å². The number of halogens is 3. The van der Waals surface area contributed by atoms with Gasteiger partial charge in [-0.3, -0.25) is 9.36 Å². The van der Waals surface area contributed by atoms with Gasteiger partial charge in [0.15, 0.2) is 0 Å². The van der Waals surface area contributed by atoms with Crippen LogP contribution in [0.2, 0.25) is 0 Å². The predicted octanol–water partition coefficient (Wildman–Crippen LogP) is 2.21. The fraction of sp³-hybridized carbons (Fsp3) is 0.167. The zero-order chi connectivity index (χ0) is 14.9. The molecule has 8 heteroatoms. The lowest BCUT2D eigenvalue weighted by molar-refractivity contribution is -0.144. The molecule has 0 aliphatic heterocycles. The number of alkyl halides is 3. The highest BCUT2D eigenvalue weighted by atomic mass is 19.4. The molecule has 0 aromatic carbocycles. The Morgan fingerprint density at radius 1 is 1.30 bits per heavy atom. The van der Waals surface area contributed by atoms with Crippen molar-refractivity contribution in [1.29, 1.82) is 0 Å². The summed E-state index contributed by atoms with van der Waals surface area (Å²) >= 11 is 0. The highest BCUT2D eigenvalue weighted by molar-refractivity contribution is 5.86. The lowest BCUT2D eigenvalue weighted by atomic mass is 10.2.